The first-order valence-corrected chi connectivity index (χ1v) is 11.3. The molecule has 2 aromatic rings. The van der Waals surface area contributed by atoms with Gasteiger partial charge < -0.3 is 5.32 Å². The number of para-hydroxylation sites is 1. The monoisotopic (exact) mass is 418 g/mol. The number of anilines is 2. The summed E-state index contributed by atoms with van der Waals surface area (Å²) in [4.78, 5) is 26.7. The molecular weight excluding hydrogens is 392 g/mol. The topological polar surface area (TPSA) is 75.2 Å². The zero-order valence-corrected chi connectivity index (χ0v) is 18.3. The molecule has 6 nitrogen and oxygen atoms in total. The number of hydrogen-bond acceptors (Lipinski definition) is 6. The molecule has 28 heavy (non-hydrogen) atoms. The average Bonchev–Trinajstić information content (AvgIpc) is 3.40. The molecule has 2 amide bonds. The number of thioether (sulfide) groups is 1. The Morgan fingerprint density at radius 3 is 2.61 bits per heavy atom. The second kappa shape index (κ2) is 9.05. The molecular formula is C20H26N4O2S2. The van der Waals surface area contributed by atoms with Crippen LogP contribution in [0.25, 0.3) is 0 Å². The number of benzene rings is 1. The summed E-state index contributed by atoms with van der Waals surface area (Å²) < 4.78 is 0.698. The van der Waals surface area contributed by atoms with Crippen molar-refractivity contribution in [3.63, 3.8) is 0 Å². The summed E-state index contributed by atoms with van der Waals surface area (Å²) >= 11 is 2.75. The standard InChI is InChI=1S/C20H26N4O2S2/c1-5-17(25)24(14-10-11-14)19-22-23-20(28-19)27-13(4)18(26)21-16-9-7-6-8-15(16)12(2)3/h6-9,12-14H,5,10-11H2,1-4H3,(H,21,26). The Labute approximate surface area is 174 Å². The lowest BCUT2D eigenvalue weighted by molar-refractivity contribution is -0.118. The molecule has 3 rings (SSSR count). The van der Waals surface area contributed by atoms with E-state index in [4.69, 9.17) is 0 Å². The molecule has 1 aromatic carbocycles. The molecule has 1 fully saturated rings. The van der Waals surface area contributed by atoms with Gasteiger partial charge in [-0.15, -0.1) is 10.2 Å². The van der Waals surface area contributed by atoms with Crippen LogP contribution in [0.15, 0.2) is 28.6 Å². The van der Waals surface area contributed by atoms with Gasteiger partial charge in [-0.1, -0.05) is 62.1 Å². The minimum absolute atomic E-state index is 0.0708. The number of carbonyl (C=O) groups excluding carboxylic acids is 2. The van der Waals surface area contributed by atoms with E-state index >= 15 is 0 Å². The van der Waals surface area contributed by atoms with Gasteiger partial charge in [0.25, 0.3) is 0 Å². The molecule has 0 radical (unpaired) electrons. The van der Waals surface area contributed by atoms with Crippen molar-refractivity contribution in [2.45, 2.75) is 68.5 Å². The predicted octanol–water partition coefficient (Wildman–Crippen LogP) is 4.69. The zero-order chi connectivity index (χ0) is 20.3. The van der Waals surface area contributed by atoms with Crippen molar-refractivity contribution in [3.8, 4) is 0 Å². The molecule has 1 saturated carbocycles. The molecule has 1 atom stereocenters. The van der Waals surface area contributed by atoms with Gasteiger partial charge in [-0.25, -0.2) is 0 Å². The Balaban J connectivity index is 1.65. The highest BCUT2D eigenvalue weighted by atomic mass is 32.2. The van der Waals surface area contributed by atoms with Gasteiger partial charge in [-0.05, 0) is 37.3 Å². The Morgan fingerprint density at radius 1 is 1.25 bits per heavy atom. The van der Waals surface area contributed by atoms with Crippen LogP contribution in [0.5, 0.6) is 0 Å². The summed E-state index contributed by atoms with van der Waals surface area (Å²) in [7, 11) is 0. The minimum Gasteiger partial charge on any atom is -0.325 e. The highest BCUT2D eigenvalue weighted by Crippen LogP contribution is 2.37. The Bertz CT molecular complexity index is 848. The maximum Gasteiger partial charge on any atom is 0.237 e. The second-order valence-corrected chi connectivity index (χ2v) is 9.73. The second-order valence-electron chi connectivity index (χ2n) is 7.19. The fourth-order valence-corrected chi connectivity index (χ4v) is 4.94. The van der Waals surface area contributed by atoms with Gasteiger partial charge >= 0.3 is 0 Å². The average molecular weight is 419 g/mol. The first-order valence-electron chi connectivity index (χ1n) is 9.62. The van der Waals surface area contributed by atoms with Crippen molar-refractivity contribution in [1.82, 2.24) is 10.2 Å². The van der Waals surface area contributed by atoms with E-state index < -0.39 is 0 Å². The maximum absolute atomic E-state index is 12.7. The van der Waals surface area contributed by atoms with Crippen molar-refractivity contribution in [1.29, 1.82) is 0 Å². The number of nitrogens with one attached hydrogen (secondary N) is 1. The highest BCUT2D eigenvalue weighted by Gasteiger charge is 2.35. The molecule has 150 valence electrons. The van der Waals surface area contributed by atoms with E-state index in [0.717, 1.165) is 24.1 Å². The van der Waals surface area contributed by atoms with Crippen molar-refractivity contribution in [2.24, 2.45) is 0 Å². The van der Waals surface area contributed by atoms with Gasteiger partial charge in [-0.2, -0.15) is 0 Å². The van der Waals surface area contributed by atoms with Crippen LogP contribution in [0.2, 0.25) is 0 Å². The molecule has 0 aliphatic heterocycles. The fraction of sp³-hybridized carbons (Fsp3) is 0.500. The van der Waals surface area contributed by atoms with Crippen LogP contribution in [0.1, 0.15) is 58.4 Å². The lowest BCUT2D eigenvalue weighted by Crippen LogP contribution is -2.32. The van der Waals surface area contributed by atoms with E-state index in [1.165, 1.54) is 23.1 Å². The third-order valence-electron chi connectivity index (χ3n) is 4.57. The highest BCUT2D eigenvalue weighted by molar-refractivity contribution is 8.02. The number of amides is 2. The molecule has 0 bridgehead atoms. The summed E-state index contributed by atoms with van der Waals surface area (Å²) in [6.07, 6.45) is 2.48. The summed E-state index contributed by atoms with van der Waals surface area (Å²) in [5.74, 6) is 0.333. The molecule has 0 spiro atoms. The normalized spacial score (nSPS) is 14.8. The van der Waals surface area contributed by atoms with E-state index in [9.17, 15) is 9.59 Å². The van der Waals surface area contributed by atoms with Crippen molar-refractivity contribution in [3.05, 3.63) is 29.8 Å². The lowest BCUT2D eigenvalue weighted by Gasteiger charge is -2.17. The SMILES string of the molecule is CCC(=O)N(c1nnc(SC(C)C(=O)Nc2ccccc2C(C)C)s1)C1CC1. The number of rotatable bonds is 8. The molecule has 8 heteroatoms. The van der Waals surface area contributed by atoms with Crippen LogP contribution >= 0.6 is 23.1 Å². The first-order chi connectivity index (χ1) is 13.4. The van der Waals surface area contributed by atoms with E-state index in [-0.39, 0.29) is 23.1 Å². The van der Waals surface area contributed by atoms with Gasteiger partial charge in [0.05, 0.1) is 5.25 Å². The first kappa shape index (κ1) is 20.8. The molecule has 1 unspecified atom stereocenters. The van der Waals surface area contributed by atoms with E-state index in [1.807, 2.05) is 38.1 Å². The van der Waals surface area contributed by atoms with Gasteiger partial charge in [-0.3, -0.25) is 14.5 Å². The summed E-state index contributed by atoms with van der Waals surface area (Å²) in [5, 5.41) is 11.7. The largest absolute Gasteiger partial charge is 0.325 e. The smallest absolute Gasteiger partial charge is 0.237 e. The summed E-state index contributed by atoms with van der Waals surface area (Å²) in [6, 6.07) is 8.12. The quantitative estimate of drug-likeness (QED) is 0.497. The fourth-order valence-electron chi connectivity index (χ4n) is 2.87. The third-order valence-corrected chi connectivity index (χ3v) is 6.68. The van der Waals surface area contributed by atoms with Crippen LogP contribution in [-0.4, -0.2) is 33.3 Å². The number of nitrogens with zero attached hydrogens (tertiary/aromatic N) is 3. The van der Waals surface area contributed by atoms with Crippen LogP contribution < -0.4 is 10.2 Å². The van der Waals surface area contributed by atoms with Crippen molar-refractivity contribution >= 4 is 45.7 Å². The third kappa shape index (κ3) is 4.91. The van der Waals surface area contributed by atoms with Gasteiger partial charge in [0.1, 0.15) is 0 Å². The Kier molecular flexibility index (Phi) is 6.72. The van der Waals surface area contributed by atoms with Crippen LogP contribution in [0.3, 0.4) is 0 Å². The van der Waals surface area contributed by atoms with E-state index in [0.29, 0.717) is 21.8 Å². The Morgan fingerprint density at radius 2 is 1.96 bits per heavy atom. The van der Waals surface area contributed by atoms with Crippen molar-refractivity contribution < 1.29 is 9.59 Å². The number of aromatic nitrogens is 2. The van der Waals surface area contributed by atoms with E-state index in [2.05, 4.69) is 29.4 Å². The molecule has 0 saturated heterocycles. The summed E-state index contributed by atoms with van der Waals surface area (Å²) in [6.45, 7) is 7.93. The maximum atomic E-state index is 12.7. The van der Waals surface area contributed by atoms with Crippen molar-refractivity contribution in [2.75, 3.05) is 10.2 Å². The molecule has 1 aliphatic rings. The minimum atomic E-state index is -0.322. The van der Waals surface area contributed by atoms with E-state index in [1.54, 1.807) is 4.90 Å². The Hall–Kier alpha value is -1.93. The number of carbonyl (C=O) groups is 2. The number of hydrogen-bond donors (Lipinski definition) is 1. The van der Waals surface area contributed by atoms with Crippen LogP contribution in [0.4, 0.5) is 10.8 Å². The van der Waals surface area contributed by atoms with Gasteiger partial charge in [0.15, 0.2) is 4.34 Å². The zero-order valence-electron chi connectivity index (χ0n) is 16.6. The molecule has 1 heterocycles. The predicted molar refractivity (Wildman–Crippen MR) is 115 cm³/mol. The van der Waals surface area contributed by atoms with Crippen LogP contribution in [-0.2, 0) is 9.59 Å². The molecule has 1 aliphatic carbocycles. The van der Waals surface area contributed by atoms with Crippen LogP contribution in [0, 0.1) is 0 Å². The van der Waals surface area contributed by atoms with Gasteiger partial charge in [0, 0.05) is 18.2 Å². The van der Waals surface area contributed by atoms with Gasteiger partial charge in [0.2, 0.25) is 16.9 Å². The lowest BCUT2D eigenvalue weighted by atomic mass is 10.0. The summed E-state index contributed by atoms with van der Waals surface area (Å²) in [5.41, 5.74) is 1.96. The molecule has 1 N–H and O–H groups in total. The molecule has 1 aromatic heterocycles.